The van der Waals surface area contributed by atoms with Gasteiger partial charge in [0, 0.05) is 6.20 Å². The van der Waals surface area contributed by atoms with E-state index in [-0.39, 0.29) is 10.7 Å². The van der Waals surface area contributed by atoms with Crippen molar-refractivity contribution in [3.05, 3.63) is 24.4 Å². The van der Waals surface area contributed by atoms with Crippen LogP contribution in [0, 0.1) is 5.92 Å². The first-order valence-corrected chi connectivity index (χ1v) is 8.76. The minimum Gasteiger partial charge on any atom is -0.391 e. The molecule has 2 atom stereocenters. The molecule has 100 valence electrons. The summed E-state index contributed by atoms with van der Waals surface area (Å²) in [5.74, 6) is 0.479. The van der Waals surface area contributed by atoms with E-state index in [4.69, 9.17) is 0 Å². The van der Waals surface area contributed by atoms with Gasteiger partial charge < -0.3 is 5.11 Å². The van der Waals surface area contributed by atoms with E-state index >= 15 is 0 Å². The molecule has 0 aliphatic heterocycles. The summed E-state index contributed by atoms with van der Waals surface area (Å²) in [6, 6.07) is 5.94. The Morgan fingerprint density at radius 1 is 1.28 bits per heavy atom. The van der Waals surface area contributed by atoms with E-state index in [2.05, 4.69) is 11.2 Å². The first-order valence-electron chi connectivity index (χ1n) is 6.60. The van der Waals surface area contributed by atoms with E-state index in [9.17, 15) is 5.11 Å². The average molecular weight is 283 g/mol. The highest BCUT2D eigenvalue weighted by molar-refractivity contribution is 8.16. The van der Waals surface area contributed by atoms with Gasteiger partial charge in [-0.25, -0.2) is 4.98 Å². The van der Waals surface area contributed by atoms with Crippen LogP contribution in [-0.2, 0) is 0 Å². The van der Waals surface area contributed by atoms with Crippen molar-refractivity contribution in [3.63, 3.8) is 0 Å². The van der Waals surface area contributed by atoms with Crippen LogP contribution in [0.25, 0.3) is 0 Å². The third-order valence-electron chi connectivity index (χ3n) is 3.52. The van der Waals surface area contributed by atoms with Gasteiger partial charge in [-0.2, -0.15) is 0 Å². The number of hydrogen-bond donors (Lipinski definition) is 1. The van der Waals surface area contributed by atoms with Crippen LogP contribution in [0.1, 0.15) is 32.1 Å². The summed E-state index contributed by atoms with van der Waals surface area (Å²) in [4.78, 5) is 4.33. The highest BCUT2D eigenvalue weighted by atomic mass is 32.2. The predicted octanol–water partition coefficient (Wildman–Crippen LogP) is 3.80. The lowest BCUT2D eigenvalue weighted by Gasteiger charge is -2.30. The van der Waals surface area contributed by atoms with Crippen LogP contribution >= 0.6 is 23.5 Å². The molecule has 2 rings (SSSR count). The molecule has 0 unspecified atom stereocenters. The van der Waals surface area contributed by atoms with E-state index in [1.807, 2.05) is 24.4 Å². The Morgan fingerprint density at radius 3 is 2.67 bits per heavy atom. The topological polar surface area (TPSA) is 33.1 Å². The number of pyridine rings is 1. The summed E-state index contributed by atoms with van der Waals surface area (Å²) in [7, 11) is 0. The lowest BCUT2D eigenvalue weighted by atomic mass is 9.86. The van der Waals surface area contributed by atoms with Gasteiger partial charge in [-0.15, -0.1) is 11.8 Å². The number of aliphatic hydroxyl groups is 1. The number of rotatable bonds is 5. The standard InChI is InChI=1S/C14H21NOS2/c1-17-14(18-12-9-5-6-10-15-12)13(16)11-7-3-2-4-8-11/h5-6,9-11,13-14,16H,2-4,7-8H2,1H3/t13-,14-/m0/s1. The van der Waals surface area contributed by atoms with Gasteiger partial charge in [0.15, 0.2) is 0 Å². The molecular weight excluding hydrogens is 262 g/mol. The summed E-state index contributed by atoms with van der Waals surface area (Å²) in [6.45, 7) is 0. The van der Waals surface area contributed by atoms with Gasteiger partial charge >= 0.3 is 0 Å². The lowest BCUT2D eigenvalue weighted by Crippen LogP contribution is -2.30. The normalized spacial score (nSPS) is 20.6. The summed E-state index contributed by atoms with van der Waals surface area (Å²) >= 11 is 3.43. The Kier molecular flexibility index (Phi) is 5.86. The van der Waals surface area contributed by atoms with Gasteiger partial charge in [0.05, 0.1) is 15.7 Å². The maximum atomic E-state index is 10.5. The van der Waals surface area contributed by atoms with E-state index in [0.717, 1.165) is 5.03 Å². The molecule has 0 amide bonds. The van der Waals surface area contributed by atoms with E-state index in [1.165, 1.54) is 32.1 Å². The zero-order valence-electron chi connectivity index (χ0n) is 10.8. The van der Waals surface area contributed by atoms with Gasteiger partial charge in [0.2, 0.25) is 0 Å². The summed E-state index contributed by atoms with van der Waals surface area (Å²) in [6.07, 6.45) is 9.92. The highest BCUT2D eigenvalue weighted by Gasteiger charge is 2.29. The number of nitrogens with zero attached hydrogens (tertiary/aromatic N) is 1. The van der Waals surface area contributed by atoms with Crippen molar-refractivity contribution in [1.29, 1.82) is 0 Å². The maximum Gasteiger partial charge on any atom is 0.0971 e. The fourth-order valence-electron chi connectivity index (χ4n) is 2.49. The van der Waals surface area contributed by atoms with Gasteiger partial charge in [-0.1, -0.05) is 37.1 Å². The first-order chi connectivity index (χ1) is 8.81. The zero-order chi connectivity index (χ0) is 12.8. The Bertz CT molecular complexity index is 341. The molecule has 1 aromatic rings. The summed E-state index contributed by atoms with van der Waals surface area (Å²) in [5, 5.41) is 11.5. The molecule has 0 radical (unpaired) electrons. The largest absolute Gasteiger partial charge is 0.391 e. The van der Waals surface area contributed by atoms with Crippen LogP contribution in [-0.4, -0.2) is 27.0 Å². The molecule has 1 heterocycles. The van der Waals surface area contributed by atoms with Crippen LogP contribution in [0.3, 0.4) is 0 Å². The minimum absolute atomic E-state index is 0.197. The van der Waals surface area contributed by atoms with Crippen LogP contribution in [0.2, 0.25) is 0 Å². The quantitative estimate of drug-likeness (QED) is 0.658. The van der Waals surface area contributed by atoms with Gasteiger partial charge in [0.25, 0.3) is 0 Å². The Balaban J connectivity index is 1.94. The smallest absolute Gasteiger partial charge is 0.0971 e. The predicted molar refractivity (Wildman–Crippen MR) is 80.0 cm³/mol. The van der Waals surface area contributed by atoms with E-state index in [1.54, 1.807) is 23.5 Å². The maximum absolute atomic E-state index is 10.5. The second-order valence-corrected chi connectivity index (χ2v) is 7.22. The Labute approximate surface area is 118 Å². The molecule has 0 bridgehead atoms. The lowest BCUT2D eigenvalue weighted by molar-refractivity contribution is 0.0988. The molecule has 18 heavy (non-hydrogen) atoms. The molecule has 1 fully saturated rings. The van der Waals surface area contributed by atoms with Gasteiger partial charge in [-0.3, -0.25) is 0 Å². The second-order valence-electron chi connectivity index (χ2n) is 4.78. The van der Waals surface area contributed by atoms with Gasteiger partial charge in [0.1, 0.15) is 0 Å². The molecule has 1 saturated carbocycles. The molecule has 1 aromatic heterocycles. The molecule has 1 aliphatic rings. The Hall–Kier alpha value is -0.190. The first kappa shape index (κ1) is 14.2. The van der Waals surface area contributed by atoms with Crippen molar-refractivity contribution in [2.75, 3.05) is 6.26 Å². The fraction of sp³-hybridized carbons (Fsp3) is 0.643. The minimum atomic E-state index is -0.215. The van der Waals surface area contributed by atoms with E-state index < -0.39 is 0 Å². The summed E-state index contributed by atoms with van der Waals surface area (Å²) < 4.78 is 0.197. The monoisotopic (exact) mass is 283 g/mol. The van der Waals surface area contributed by atoms with Crippen molar-refractivity contribution < 1.29 is 5.11 Å². The SMILES string of the molecule is CS[C@@H](Sc1ccccn1)[C@@H](O)C1CCCCC1. The van der Waals surface area contributed by atoms with E-state index in [0.29, 0.717) is 5.92 Å². The second kappa shape index (κ2) is 7.41. The average Bonchev–Trinajstić information content (AvgIpc) is 2.46. The molecule has 0 aromatic carbocycles. The van der Waals surface area contributed by atoms with Crippen LogP contribution in [0.4, 0.5) is 0 Å². The number of aromatic nitrogens is 1. The Morgan fingerprint density at radius 2 is 2.06 bits per heavy atom. The van der Waals surface area contributed by atoms with Crippen LogP contribution in [0.15, 0.2) is 29.4 Å². The summed E-state index contributed by atoms with van der Waals surface area (Å²) in [5.41, 5.74) is 0. The number of aliphatic hydroxyl groups excluding tert-OH is 1. The third kappa shape index (κ3) is 3.90. The van der Waals surface area contributed by atoms with Crippen LogP contribution < -0.4 is 0 Å². The van der Waals surface area contributed by atoms with Crippen molar-refractivity contribution >= 4 is 23.5 Å². The number of thioether (sulfide) groups is 2. The molecule has 4 heteroatoms. The molecule has 0 spiro atoms. The molecule has 0 saturated heterocycles. The highest BCUT2D eigenvalue weighted by Crippen LogP contribution is 2.37. The van der Waals surface area contributed by atoms with Crippen molar-refractivity contribution in [1.82, 2.24) is 4.98 Å². The fourth-order valence-corrected chi connectivity index (χ4v) is 4.55. The molecule has 2 nitrogen and oxygen atoms in total. The van der Waals surface area contributed by atoms with Crippen molar-refractivity contribution in [3.8, 4) is 0 Å². The van der Waals surface area contributed by atoms with Crippen LogP contribution in [0.5, 0.6) is 0 Å². The zero-order valence-corrected chi connectivity index (χ0v) is 12.4. The van der Waals surface area contributed by atoms with Gasteiger partial charge in [-0.05, 0) is 37.1 Å². The molecular formula is C14H21NOS2. The van der Waals surface area contributed by atoms with Crippen molar-refractivity contribution in [2.24, 2.45) is 5.92 Å². The molecule has 1 N–H and O–H groups in total. The number of hydrogen-bond acceptors (Lipinski definition) is 4. The third-order valence-corrected chi connectivity index (χ3v) is 6.12. The molecule has 1 aliphatic carbocycles. The van der Waals surface area contributed by atoms with Crippen molar-refractivity contribution in [2.45, 2.75) is 47.8 Å².